The molecule has 4 heteroatoms. The number of rotatable bonds is 2. The summed E-state index contributed by atoms with van der Waals surface area (Å²) < 4.78 is 0. The highest BCUT2D eigenvalue weighted by atomic mass is 35.5. The van der Waals surface area contributed by atoms with Crippen LogP contribution in [-0.4, -0.2) is 11.4 Å². The Morgan fingerprint density at radius 2 is 2.00 bits per heavy atom. The molecule has 1 aliphatic carbocycles. The van der Waals surface area contributed by atoms with Crippen LogP contribution in [-0.2, 0) is 6.54 Å². The van der Waals surface area contributed by atoms with E-state index in [1.165, 1.54) is 12.1 Å². The highest BCUT2D eigenvalue weighted by Gasteiger charge is 2.44. The van der Waals surface area contributed by atoms with Gasteiger partial charge in [0.15, 0.2) is 0 Å². The number of halogens is 1. The van der Waals surface area contributed by atoms with E-state index in [1.807, 2.05) is 18.2 Å². The fourth-order valence-electron chi connectivity index (χ4n) is 3.88. The van der Waals surface area contributed by atoms with E-state index in [0.29, 0.717) is 12.5 Å². The van der Waals surface area contributed by atoms with Crippen molar-refractivity contribution in [3.05, 3.63) is 59.1 Å². The Bertz CT molecular complexity index is 786. The van der Waals surface area contributed by atoms with Gasteiger partial charge in [0.1, 0.15) is 5.84 Å². The molecular weight excluding hydrogens is 318 g/mol. The number of amidine groups is 1. The number of hydrogen-bond donors (Lipinski definition) is 2. The minimum atomic E-state index is -0.0631. The van der Waals surface area contributed by atoms with Gasteiger partial charge < -0.3 is 10.6 Å². The Hall–Kier alpha value is -2.00. The van der Waals surface area contributed by atoms with Crippen molar-refractivity contribution in [2.45, 2.75) is 38.3 Å². The van der Waals surface area contributed by atoms with E-state index < -0.39 is 0 Å². The van der Waals surface area contributed by atoms with E-state index in [4.69, 9.17) is 16.6 Å². The molecular formula is C20H22ClN3. The fourth-order valence-corrected chi connectivity index (χ4v) is 4.10. The first-order valence-electron chi connectivity index (χ1n) is 8.58. The number of fused-ring (bicyclic) bond motifs is 1. The molecule has 1 saturated carbocycles. The monoisotopic (exact) mass is 339 g/mol. The predicted molar refractivity (Wildman–Crippen MR) is 102 cm³/mol. The average Bonchev–Trinajstić information content (AvgIpc) is 2.94. The highest BCUT2D eigenvalue weighted by molar-refractivity contribution is 6.30. The Kier molecular flexibility index (Phi) is 3.97. The van der Waals surface area contributed by atoms with Gasteiger partial charge in [0, 0.05) is 5.02 Å². The van der Waals surface area contributed by atoms with Crippen LogP contribution in [0, 0.1) is 5.92 Å². The Morgan fingerprint density at radius 1 is 1.17 bits per heavy atom. The molecule has 2 unspecified atom stereocenters. The van der Waals surface area contributed by atoms with Crippen LogP contribution in [0.4, 0.5) is 11.4 Å². The van der Waals surface area contributed by atoms with Crippen LogP contribution in [0.5, 0.6) is 0 Å². The zero-order valence-corrected chi connectivity index (χ0v) is 14.6. The number of hydrogen-bond acceptors (Lipinski definition) is 2. The zero-order valence-electron chi connectivity index (χ0n) is 13.8. The van der Waals surface area contributed by atoms with E-state index >= 15 is 0 Å². The summed E-state index contributed by atoms with van der Waals surface area (Å²) in [7, 11) is 0. The van der Waals surface area contributed by atoms with Crippen molar-refractivity contribution in [2.24, 2.45) is 10.9 Å². The molecule has 124 valence electrons. The number of aliphatic imine (C=N–C) groups is 1. The molecule has 2 N–H and O–H groups in total. The van der Waals surface area contributed by atoms with Crippen molar-refractivity contribution in [2.75, 3.05) is 10.6 Å². The van der Waals surface area contributed by atoms with Gasteiger partial charge in [-0.15, -0.1) is 0 Å². The van der Waals surface area contributed by atoms with E-state index in [-0.39, 0.29) is 5.54 Å². The summed E-state index contributed by atoms with van der Waals surface area (Å²) in [5.41, 5.74) is 3.35. The molecule has 3 nitrogen and oxygen atoms in total. The quantitative estimate of drug-likeness (QED) is 0.775. The first kappa shape index (κ1) is 15.5. The minimum Gasteiger partial charge on any atom is -0.371 e. The third kappa shape index (κ3) is 2.89. The maximum absolute atomic E-state index is 6.10. The van der Waals surface area contributed by atoms with Gasteiger partial charge in [0.25, 0.3) is 0 Å². The lowest BCUT2D eigenvalue weighted by atomic mass is 9.91. The SMILES string of the molecule is CC1CCC2(C1)Nc1ccccc1NC2=NCc1cccc(Cl)c1. The number of para-hydroxylation sites is 2. The summed E-state index contributed by atoms with van der Waals surface area (Å²) in [5, 5.41) is 8.13. The molecule has 0 radical (unpaired) electrons. The predicted octanol–water partition coefficient (Wildman–Crippen LogP) is 5.33. The summed E-state index contributed by atoms with van der Waals surface area (Å²) in [5.74, 6) is 1.77. The Morgan fingerprint density at radius 3 is 2.75 bits per heavy atom. The largest absolute Gasteiger partial charge is 0.371 e. The van der Waals surface area contributed by atoms with Crippen molar-refractivity contribution in [1.29, 1.82) is 0 Å². The first-order valence-corrected chi connectivity index (χ1v) is 8.96. The van der Waals surface area contributed by atoms with E-state index in [2.05, 4.69) is 47.9 Å². The Balaban J connectivity index is 1.67. The van der Waals surface area contributed by atoms with Crippen LogP contribution in [0.1, 0.15) is 31.7 Å². The lowest BCUT2D eigenvalue weighted by molar-refractivity contribution is 0.567. The summed E-state index contributed by atoms with van der Waals surface area (Å²) in [6, 6.07) is 16.3. The molecule has 4 rings (SSSR count). The van der Waals surface area contributed by atoms with Gasteiger partial charge in [-0.25, -0.2) is 0 Å². The molecule has 0 aromatic heterocycles. The topological polar surface area (TPSA) is 36.4 Å². The average molecular weight is 340 g/mol. The molecule has 1 heterocycles. The lowest BCUT2D eigenvalue weighted by Crippen LogP contribution is -2.50. The van der Waals surface area contributed by atoms with E-state index in [0.717, 1.165) is 35.0 Å². The second-order valence-electron chi connectivity index (χ2n) is 7.02. The molecule has 2 aliphatic rings. The van der Waals surface area contributed by atoms with Crippen LogP contribution in [0.2, 0.25) is 5.02 Å². The third-order valence-electron chi connectivity index (χ3n) is 5.08. The van der Waals surface area contributed by atoms with Gasteiger partial charge in [0.2, 0.25) is 0 Å². The van der Waals surface area contributed by atoms with Crippen molar-refractivity contribution >= 4 is 28.8 Å². The van der Waals surface area contributed by atoms with Crippen molar-refractivity contribution in [1.82, 2.24) is 0 Å². The summed E-state index contributed by atoms with van der Waals surface area (Å²) in [6.07, 6.45) is 3.46. The normalized spacial score (nSPS) is 26.9. The Labute approximate surface area is 148 Å². The highest BCUT2D eigenvalue weighted by Crippen LogP contribution is 2.42. The molecule has 0 saturated heterocycles. The lowest BCUT2D eigenvalue weighted by Gasteiger charge is -2.39. The number of anilines is 2. The van der Waals surface area contributed by atoms with Gasteiger partial charge in [-0.1, -0.05) is 42.8 Å². The summed E-state index contributed by atoms with van der Waals surface area (Å²) in [4.78, 5) is 4.95. The molecule has 2 aromatic rings. The third-order valence-corrected chi connectivity index (χ3v) is 5.31. The maximum Gasteiger partial charge on any atom is 0.127 e. The minimum absolute atomic E-state index is 0.0631. The molecule has 1 aliphatic heterocycles. The van der Waals surface area contributed by atoms with Gasteiger partial charge in [-0.05, 0) is 55.0 Å². The molecule has 1 fully saturated rings. The van der Waals surface area contributed by atoms with Crippen LogP contribution < -0.4 is 10.6 Å². The molecule has 2 atom stereocenters. The van der Waals surface area contributed by atoms with Gasteiger partial charge in [0.05, 0.1) is 23.5 Å². The van der Waals surface area contributed by atoms with Gasteiger partial charge in [-0.2, -0.15) is 0 Å². The summed E-state index contributed by atoms with van der Waals surface area (Å²) >= 11 is 6.10. The van der Waals surface area contributed by atoms with E-state index in [1.54, 1.807) is 0 Å². The second kappa shape index (κ2) is 6.14. The number of nitrogens with zero attached hydrogens (tertiary/aromatic N) is 1. The molecule has 0 amide bonds. The van der Waals surface area contributed by atoms with Crippen LogP contribution >= 0.6 is 11.6 Å². The standard InChI is InChI=1S/C20H22ClN3/c1-14-9-10-20(12-14)19(22-13-15-5-4-6-16(21)11-15)23-17-7-2-3-8-18(17)24-20/h2-8,11,14,24H,9-10,12-13H2,1H3,(H,22,23). The smallest absolute Gasteiger partial charge is 0.127 e. The number of benzene rings is 2. The maximum atomic E-state index is 6.10. The fraction of sp³-hybridized carbons (Fsp3) is 0.350. The zero-order chi connectivity index (χ0) is 16.6. The summed E-state index contributed by atoms with van der Waals surface area (Å²) in [6.45, 7) is 2.97. The van der Waals surface area contributed by atoms with E-state index in [9.17, 15) is 0 Å². The molecule has 2 aromatic carbocycles. The van der Waals surface area contributed by atoms with Crippen molar-refractivity contribution in [3.63, 3.8) is 0 Å². The van der Waals surface area contributed by atoms with Crippen molar-refractivity contribution in [3.8, 4) is 0 Å². The van der Waals surface area contributed by atoms with Crippen molar-refractivity contribution < 1.29 is 0 Å². The van der Waals surface area contributed by atoms with Gasteiger partial charge >= 0.3 is 0 Å². The van der Waals surface area contributed by atoms with Crippen LogP contribution in [0.25, 0.3) is 0 Å². The molecule has 0 bridgehead atoms. The molecule has 1 spiro atoms. The molecule has 24 heavy (non-hydrogen) atoms. The van der Waals surface area contributed by atoms with Crippen LogP contribution in [0.15, 0.2) is 53.5 Å². The second-order valence-corrected chi connectivity index (χ2v) is 7.46. The van der Waals surface area contributed by atoms with Crippen LogP contribution in [0.3, 0.4) is 0 Å². The first-order chi connectivity index (χ1) is 11.6. The van der Waals surface area contributed by atoms with Gasteiger partial charge in [-0.3, -0.25) is 4.99 Å². The number of nitrogens with one attached hydrogen (secondary N) is 2.